The highest BCUT2D eigenvalue weighted by Crippen LogP contribution is 2.56. The number of carbonyl (C=O) groups is 4. The number of ether oxygens (including phenoxy) is 2. The number of benzene rings is 4. The maximum absolute atomic E-state index is 14.8. The van der Waals surface area contributed by atoms with Gasteiger partial charge in [0.1, 0.15) is 33.8 Å². The van der Waals surface area contributed by atoms with Gasteiger partial charge in [-0.1, -0.05) is 24.3 Å². The van der Waals surface area contributed by atoms with Crippen LogP contribution in [0.25, 0.3) is 0 Å². The van der Waals surface area contributed by atoms with Crippen LogP contribution in [0.5, 0.6) is 23.0 Å². The summed E-state index contributed by atoms with van der Waals surface area (Å²) in [7, 11) is 0. The van der Waals surface area contributed by atoms with Crippen LogP contribution in [0.1, 0.15) is 52.6 Å². The van der Waals surface area contributed by atoms with Crippen LogP contribution in [0.2, 0.25) is 0 Å². The van der Waals surface area contributed by atoms with E-state index in [0.717, 1.165) is 0 Å². The first-order chi connectivity index (χ1) is 24.4. The van der Waals surface area contributed by atoms with Crippen LogP contribution >= 0.6 is 0 Å². The number of carboxylic acid groups (broad SMARTS) is 4. The van der Waals surface area contributed by atoms with Gasteiger partial charge in [-0.15, -0.1) is 0 Å². The molecule has 4 aromatic rings. The van der Waals surface area contributed by atoms with Crippen molar-refractivity contribution in [2.24, 2.45) is 0 Å². The number of rotatable bonds is 10. The molecule has 0 saturated carbocycles. The molecule has 10 nitrogen and oxygen atoms in total. The molecule has 0 spiro atoms. The maximum atomic E-state index is 14.8. The van der Waals surface area contributed by atoms with Crippen molar-refractivity contribution in [2.45, 2.75) is 17.8 Å². The van der Waals surface area contributed by atoms with Crippen molar-refractivity contribution in [3.8, 4) is 23.0 Å². The van der Waals surface area contributed by atoms with Crippen LogP contribution in [-0.4, -0.2) is 56.7 Å². The molecule has 0 radical (unpaired) electrons. The molecule has 0 heterocycles. The first-order valence-electron chi connectivity index (χ1n) is 13.4. The van der Waals surface area contributed by atoms with Crippen LogP contribution < -0.4 is 9.47 Å². The van der Waals surface area contributed by atoms with Gasteiger partial charge in [0.2, 0.25) is 28.5 Å². The predicted octanol–water partition coefficient (Wildman–Crippen LogP) is 8.31. The largest absolute Gasteiger partial charge is 0.478 e. The van der Waals surface area contributed by atoms with Gasteiger partial charge in [0.25, 0.3) is 0 Å². The summed E-state index contributed by atoms with van der Waals surface area (Å²) in [4.78, 5) is 45.1. The number of halogens is 12. The Hall–Kier alpha value is -6.48. The highest BCUT2D eigenvalue weighted by molar-refractivity contribution is 6.03. The standard InChI is InChI=1S/C31H12F12O10/c32-17-13(25(44)45)15(27(48)49)19(34)23(21(17)36)52-11-5-1-9(2-6-11)29(30(38,39)40,31(41,42)43)10-3-7-12(8-4-10)53-24-20(35)16(28(50)51)14(26(46)47)18(33)22(24)37/h1-8H,(H,44,45)(H,46,47)(H,48,49)(H,50,51). The van der Waals surface area contributed by atoms with E-state index >= 15 is 0 Å². The normalized spacial score (nSPS) is 12.0. The molecule has 0 saturated heterocycles. The summed E-state index contributed by atoms with van der Waals surface area (Å²) < 4.78 is 184. The zero-order chi connectivity index (χ0) is 40.1. The van der Waals surface area contributed by atoms with Crippen molar-refractivity contribution in [3.63, 3.8) is 0 Å². The lowest BCUT2D eigenvalue weighted by atomic mass is 9.73. The number of hydrogen-bond acceptors (Lipinski definition) is 6. The minimum Gasteiger partial charge on any atom is -0.478 e. The van der Waals surface area contributed by atoms with E-state index in [1.54, 1.807) is 0 Å². The minimum atomic E-state index is -6.31. The van der Waals surface area contributed by atoms with Crippen molar-refractivity contribution in [1.29, 1.82) is 0 Å². The number of aromatic carboxylic acids is 4. The summed E-state index contributed by atoms with van der Waals surface area (Å²) in [5.41, 5.74) is -16.2. The van der Waals surface area contributed by atoms with Crippen LogP contribution in [0.4, 0.5) is 52.7 Å². The summed E-state index contributed by atoms with van der Waals surface area (Å²) in [6.45, 7) is 0. The zero-order valence-electron chi connectivity index (χ0n) is 24.9. The SMILES string of the molecule is O=C(O)c1c(F)c(F)c(Oc2ccc(C(c3ccc(Oc4c(F)c(F)c(C(=O)O)c(C(=O)O)c4F)cc3)(C(F)(F)F)C(F)(F)F)cc2)c(F)c1C(=O)O. The van der Waals surface area contributed by atoms with E-state index in [1.807, 2.05) is 0 Å². The molecule has 0 aromatic heterocycles. The Balaban J connectivity index is 1.82. The Bertz CT molecular complexity index is 2020. The Morgan fingerprint density at radius 2 is 0.660 bits per heavy atom. The number of carboxylic acids is 4. The monoisotopic (exact) mass is 772 g/mol. The third-order valence-electron chi connectivity index (χ3n) is 7.28. The van der Waals surface area contributed by atoms with Gasteiger partial charge in [-0.2, -0.15) is 35.1 Å². The second-order valence-corrected chi connectivity index (χ2v) is 10.3. The quantitative estimate of drug-likeness (QED) is 0.0909. The van der Waals surface area contributed by atoms with Gasteiger partial charge in [0.15, 0.2) is 23.3 Å². The third kappa shape index (κ3) is 6.46. The Morgan fingerprint density at radius 3 is 0.887 bits per heavy atom. The molecule has 4 rings (SSSR count). The van der Waals surface area contributed by atoms with Gasteiger partial charge in [0, 0.05) is 0 Å². The van der Waals surface area contributed by atoms with Crippen molar-refractivity contribution in [1.82, 2.24) is 0 Å². The summed E-state index contributed by atoms with van der Waals surface area (Å²) in [6.07, 6.45) is -12.6. The second-order valence-electron chi connectivity index (χ2n) is 10.3. The highest BCUT2D eigenvalue weighted by atomic mass is 19.4. The molecule has 4 N–H and O–H groups in total. The second kappa shape index (κ2) is 13.6. The Morgan fingerprint density at radius 1 is 0.415 bits per heavy atom. The first kappa shape index (κ1) is 39.3. The van der Waals surface area contributed by atoms with Gasteiger partial charge in [-0.05, 0) is 35.4 Å². The molecule has 0 unspecified atom stereocenters. The molecule has 0 atom stereocenters. The van der Waals surface area contributed by atoms with E-state index in [1.165, 1.54) is 0 Å². The van der Waals surface area contributed by atoms with Gasteiger partial charge >= 0.3 is 36.2 Å². The molecular weight excluding hydrogens is 760 g/mol. The molecule has 0 fully saturated rings. The molecule has 0 bridgehead atoms. The maximum Gasteiger partial charge on any atom is 0.411 e. The fourth-order valence-corrected chi connectivity index (χ4v) is 5.02. The fraction of sp³-hybridized carbons (Fsp3) is 0.0968. The van der Waals surface area contributed by atoms with Crippen LogP contribution in [0, 0.1) is 34.9 Å². The molecular formula is C31H12F12O10. The Labute approximate surface area is 283 Å². The van der Waals surface area contributed by atoms with Gasteiger partial charge in [-0.3, -0.25) is 0 Å². The van der Waals surface area contributed by atoms with Crippen molar-refractivity contribution < 1.29 is 102 Å². The zero-order valence-corrected chi connectivity index (χ0v) is 24.9. The fourth-order valence-electron chi connectivity index (χ4n) is 5.02. The first-order valence-corrected chi connectivity index (χ1v) is 13.4. The van der Waals surface area contributed by atoms with E-state index in [2.05, 4.69) is 9.47 Å². The predicted molar refractivity (Wildman–Crippen MR) is 146 cm³/mol. The average molecular weight is 772 g/mol. The number of hydrogen-bond donors (Lipinski definition) is 4. The topological polar surface area (TPSA) is 168 Å². The van der Waals surface area contributed by atoms with Crippen LogP contribution in [0.15, 0.2) is 48.5 Å². The van der Waals surface area contributed by atoms with Gasteiger partial charge in [0.05, 0.1) is 0 Å². The van der Waals surface area contributed by atoms with Crippen molar-refractivity contribution in [2.75, 3.05) is 0 Å². The summed E-state index contributed by atoms with van der Waals surface area (Å²) in [5, 5.41) is 36.2. The average Bonchev–Trinajstić information content (AvgIpc) is 3.04. The molecule has 22 heteroatoms. The van der Waals surface area contributed by atoms with Crippen LogP contribution in [-0.2, 0) is 5.41 Å². The molecule has 280 valence electrons. The van der Waals surface area contributed by atoms with Crippen molar-refractivity contribution in [3.05, 3.63) is 117 Å². The molecule has 53 heavy (non-hydrogen) atoms. The lowest BCUT2D eigenvalue weighted by Gasteiger charge is -2.38. The number of alkyl halides is 6. The van der Waals surface area contributed by atoms with E-state index in [9.17, 15) is 71.9 Å². The minimum absolute atomic E-state index is 0.0710. The van der Waals surface area contributed by atoms with E-state index < -0.39 is 133 Å². The van der Waals surface area contributed by atoms with Crippen LogP contribution in [0.3, 0.4) is 0 Å². The molecule has 0 aliphatic carbocycles. The lowest BCUT2D eigenvalue weighted by Crippen LogP contribution is -2.54. The van der Waals surface area contributed by atoms with E-state index in [0.29, 0.717) is 0 Å². The summed E-state index contributed by atoms with van der Waals surface area (Å²) in [6, 6.07) is 1.29. The highest BCUT2D eigenvalue weighted by Gasteiger charge is 2.72. The molecule has 4 aromatic carbocycles. The summed E-state index contributed by atoms with van der Waals surface area (Å²) in [5.74, 6) is -30.1. The van der Waals surface area contributed by atoms with Crippen molar-refractivity contribution >= 4 is 23.9 Å². The third-order valence-corrected chi connectivity index (χ3v) is 7.28. The van der Waals surface area contributed by atoms with E-state index in [4.69, 9.17) is 20.4 Å². The molecule has 0 aliphatic rings. The Kier molecular flexibility index (Phi) is 10.1. The molecule has 0 aliphatic heterocycles. The smallest absolute Gasteiger partial charge is 0.411 e. The van der Waals surface area contributed by atoms with Gasteiger partial charge < -0.3 is 29.9 Å². The van der Waals surface area contributed by atoms with E-state index in [-0.39, 0.29) is 48.5 Å². The molecule has 0 amide bonds. The summed E-state index contributed by atoms with van der Waals surface area (Å²) >= 11 is 0. The lowest BCUT2D eigenvalue weighted by molar-refractivity contribution is -0.288. The van der Waals surface area contributed by atoms with Gasteiger partial charge in [-0.25, -0.2) is 36.7 Å².